The molecule has 1 unspecified atom stereocenters. The van der Waals surface area contributed by atoms with Crippen LogP contribution in [0.25, 0.3) is 0 Å². The fourth-order valence-corrected chi connectivity index (χ4v) is 2.27. The van der Waals surface area contributed by atoms with Crippen LogP contribution in [0.3, 0.4) is 0 Å². The van der Waals surface area contributed by atoms with Crippen LogP contribution < -0.4 is 0 Å². The zero-order chi connectivity index (χ0) is 13.3. The van der Waals surface area contributed by atoms with Crippen LogP contribution >= 0.6 is 15.9 Å². The van der Waals surface area contributed by atoms with Gasteiger partial charge in [0, 0.05) is 29.2 Å². The molecule has 1 aromatic heterocycles. The zero-order valence-corrected chi connectivity index (χ0v) is 11.8. The van der Waals surface area contributed by atoms with Gasteiger partial charge in [-0.15, -0.1) is 0 Å². The molecule has 0 aliphatic heterocycles. The Kier molecular flexibility index (Phi) is 3.82. The van der Waals surface area contributed by atoms with Crippen molar-refractivity contribution in [2.45, 2.75) is 19.4 Å². The molecule has 3 nitrogen and oxygen atoms in total. The topological polar surface area (TPSA) is 38.1 Å². The number of halogens is 2. The number of nitrogens with zero attached hydrogens (tertiary/aromatic N) is 2. The second-order valence-corrected chi connectivity index (χ2v) is 5.18. The summed E-state index contributed by atoms with van der Waals surface area (Å²) in [6.07, 6.45) is 1.11. The van der Waals surface area contributed by atoms with E-state index in [1.165, 1.54) is 6.07 Å². The highest BCUT2D eigenvalue weighted by atomic mass is 79.9. The molecule has 0 bridgehead atoms. The minimum absolute atomic E-state index is 0.234. The Morgan fingerprint density at radius 3 is 2.83 bits per heavy atom. The van der Waals surface area contributed by atoms with Gasteiger partial charge in [-0.2, -0.15) is 5.10 Å². The molecule has 96 valence electrons. The first-order valence-corrected chi connectivity index (χ1v) is 6.39. The SMILES string of the molecule is Cc1c(C(O)Cc2cc(Br)ccc2F)cnn1C. The summed E-state index contributed by atoms with van der Waals surface area (Å²) in [5.74, 6) is -0.307. The molecule has 2 rings (SSSR count). The Morgan fingerprint density at radius 1 is 1.50 bits per heavy atom. The molecule has 0 spiro atoms. The molecule has 0 saturated carbocycles. The van der Waals surface area contributed by atoms with E-state index in [0.717, 1.165) is 15.7 Å². The van der Waals surface area contributed by atoms with E-state index in [1.54, 1.807) is 23.0 Å². The van der Waals surface area contributed by atoms with E-state index in [9.17, 15) is 9.50 Å². The predicted molar refractivity (Wildman–Crippen MR) is 70.7 cm³/mol. The molecular formula is C13H14BrFN2O. The number of benzene rings is 1. The van der Waals surface area contributed by atoms with Gasteiger partial charge in [-0.05, 0) is 30.7 Å². The second-order valence-electron chi connectivity index (χ2n) is 4.26. The van der Waals surface area contributed by atoms with Gasteiger partial charge in [0.25, 0.3) is 0 Å². The summed E-state index contributed by atoms with van der Waals surface area (Å²) >= 11 is 3.30. The third kappa shape index (κ3) is 2.62. The lowest BCUT2D eigenvalue weighted by atomic mass is 10.0. The van der Waals surface area contributed by atoms with Crippen LogP contribution in [-0.4, -0.2) is 14.9 Å². The molecule has 0 fully saturated rings. The van der Waals surface area contributed by atoms with Gasteiger partial charge < -0.3 is 5.11 Å². The lowest BCUT2D eigenvalue weighted by Gasteiger charge is -2.11. The summed E-state index contributed by atoms with van der Waals surface area (Å²) in [5, 5.41) is 14.2. The fourth-order valence-electron chi connectivity index (χ4n) is 1.86. The van der Waals surface area contributed by atoms with Crippen LogP contribution in [0, 0.1) is 12.7 Å². The Morgan fingerprint density at radius 2 is 2.22 bits per heavy atom. The second kappa shape index (κ2) is 5.20. The van der Waals surface area contributed by atoms with Crippen molar-refractivity contribution in [3.63, 3.8) is 0 Å². The van der Waals surface area contributed by atoms with Crippen LogP contribution in [0.5, 0.6) is 0 Å². The summed E-state index contributed by atoms with van der Waals surface area (Å²) in [4.78, 5) is 0. The smallest absolute Gasteiger partial charge is 0.126 e. The average Bonchev–Trinajstić information content (AvgIpc) is 2.65. The maximum Gasteiger partial charge on any atom is 0.126 e. The van der Waals surface area contributed by atoms with Gasteiger partial charge >= 0.3 is 0 Å². The van der Waals surface area contributed by atoms with Crippen LogP contribution in [0.15, 0.2) is 28.9 Å². The summed E-state index contributed by atoms with van der Waals surface area (Å²) in [7, 11) is 1.81. The molecule has 0 radical (unpaired) electrons. The minimum atomic E-state index is -0.748. The number of aliphatic hydroxyl groups excluding tert-OH is 1. The predicted octanol–water partition coefficient (Wildman–Crippen LogP) is 2.91. The normalized spacial score (nSPS) is 12.7. The van der Waals surface area contributed by atoms with Crippen molar-refractivity contribution < 1.29 is 9.50 Å². The molecular weight excluding hydrogens is 299 g/mol. The van der Waals surface area contributed by atoms with E-state index >= 15 is 0 Å². The van der Waals surface area contributed by atoms with Crippen molar-refractivity contribution in [2.24, 2.45) is 7.05 Å². The fraction of sp³-hybridized carbons (Fsp3) is 0.308. The lowest BCUT2D eigenvalue weighted by Crippen LogP contribution is -2.05. The van der Waals surface area contributed by atoms with Gasteiger partial charge in [0.2, 0.25) is 0 Å². The Balaban J connectivity index is 2.23. The van der Waals surface area contributed by atoms with Gasteiger partial charge in [-0.25, -0.2) is 4.39 Å². The summed E-state index contributed by atoms with van der Waals surface area (Å²) in [6.45, 7) is 1.88. The highest BCUT2D eigenvalue weighted by Crippen LogP contribution is 2.24. The average molecular weight is 313 g/mol. The van der Waals surface area contributed by atoms with Gasteiger partial charge in [0.05, 0.1) is 12.3 Å². The molecule has 2 aromatic rings. The van der Waals surface area contributed by atoms with E-state index in [-0.39, 0.29) is 12.2 Å². The molecule has 1 aromatic carbocycles. The minimum Gasteiger partial charge on any atom is -0.388 e. The lowest BCUT2D eigenvalue weighted by molar-refractivity contribution is 0.176. The van der Waals surface area contributed by atoms with Crippen molar-refractivity contribution in [1.82, 2.24) is 9.78 Å². The molecule has 0 amide bonds. The van der Waals surface area contributed by atoms with Gasteiger partial charge in [0.1, 0.15) is 5.82 Å². The maximum absolute atomic E-state index is 13.6. The van der Waals surface area contributed by atoms with E-state index in [0.29, 0.717) is 5.56 Å². The van der Waals surface area contributed by atoms with E-state index in [4.69, 9.17) is 0 Å². The first kappa shape index (κ1) is 13.2. The first-order chi connectivity index (χ1) is 8.49. The molecule has 1 N–H and O–H groups in total. The quantitative estimate of drug-likeness (QED) is 0.946. The van der Waals surface area contributed by atoms with Crippen molar-refractivity contribution in [2.75, 3.05) is 0 Å². The summed E-state index contributed by atoms with van der Waals surface area (Å²) in [6, 6.07) is 4.72. The highest BCUT2D eigenvalue weighted by molar-refractivity contribution is 9.10. The van der Waals surface area contributed by atoms with E-state index < -0.39 is 6.10 Å². The molecule has 1 heterocycles. The van der Waals surface area contributed by atoms with Crippen molar-refractivity contribution in [3.8, 4) is 0 Å². The summed E-state index contributed by atoms with van der Waals surface area (Å²) < 4.78 is 16.1. The van der Waals surface area contributed by atoms with E-state index in [1.807, 2.05) is 14.0 Å². The Labute approximate surface area is 113 Å². The van der Waals surface area contributed by atoms with Crippen molar-refractivity contribution >= 4 is 15.9 Å². The number of hydrogen-bond donors (Lipinski definition) is 1. The zero-order valence-electron chi connectivity index (χ0n) is 10.2. The van der Waals surface area contributed by atoms with Gasteiger partial charge in [0.15, 0.2) is 0 Å². The number of aromatic nitrogens is 2. The highest BCUT2D eigenvalue weighted by Gasteiger charge is 2.16. The number of hydrogen-bond acceptors (Lipinski definition) is 2. The first-order valence-electron chi connectivity index (χ1n) is 5.59. The van der Waals surface area contributed by atoms with Gasteiger partial charge in [-0.1, -0.05) is 15.9 Å². The number of rotatable bonds is 3. The van der Waals surface area contributed by atoms with E-state index in [2.05, 4.69) is 21.0 Å². The number of aryl methyl sites for hydroxylation is 1. The van der Waals surface area contributed by atoms with Gasteiger partial charge in [-0.3, -0.25) is 4.68 Å². The van der Waals surface area contributed by atoms with Crippen LogP contribution in [0.1, 0.15) is 22.9 Å². The molecule has 0 saturated heterocycles. The van der Waals surface area contributed by atoms with Crippen molar-refractivity contribution in [1.29, 1.82) is 0 Å². The molecule has 0 aliphatic rings. The largest absolute Gasteiger partial charge is 0.388 e. The monoisotopic (exact) mass is 312 g/mol. The maximum atomic E-state index is 13.6. The molecule has 18 heavy (non-hydrogen) atoms. The molecule has 5 heteroatoms. The molecule has 1 atom stereocenters. The standard InChI is InChI=1S/C13H14BrFN2O/c1-8-11(7-16-17(8)2)13(18)6-9-5-10(14)3-4-12(9)15/h3-5,7,13,18H,6H2,1-2H3. The van der Waals surface area contributed by atoms with Crippen LogP contribution in [0.4, 0.5) is 4.39 Å². The third-order valence-corrected chi connectivity index (χ3v) is 3.55. The van der Waals surface area contributed by atoms with Crippen molar-refractivity contribution in [3.05, 3.63) is 51.5 Å². The van der Waals surface area contributed by atoms with Crippen LogP contribution in [-0.2, 0) is 13.5 Å². The Bertz CT molecular complexity index is 568. The summed E-state index contributed by atoms with van der Waals surface area (Å²) in [5.41, 5.74) is 2.11. The number of aliphatic hydroxyl groups is 1. The third-order valence-electron chi connectivity index (χ3n) is 3.05. The van der Waals surface area contributed by atoms with Crippen LogP contribution in [0.2, 0.25) is 0 Å². The Hall–Kier alpha value is -1.20. The molecule has 0 aliphatic carbocycles.